The fourth-order valence-corrected chi connectivity index (χ4v) is 8.96. The molecule has 0 aromatic heterocycles. The van der Waals surface area contributed by atoms with Crippen LogP contribution in [0.25, 0.3) is 34.4 Å². The van der Waals surface area contributed by atoms with Gasteiger partial charge in [0.05, 0.1) is 0 Å². The molecule has 2 aliphatic rings. The average Bonchev–Trinajstić information content (AvgIpc) is 3.49. The van der Waals surface area contributed by atoms with Gasteiger partial charge in [0.25, 0.3) is 0 Å². The summed E-state index contributed by atoms with van der Waals surface area (Å²) in [5.41, 5.74) is 11.0. The molecule has 0 amide bonds. The maximum atomic E-state index is 4.87. The van der Waals surface area contributed by atoms with Crippen LogP contribution in [-0.4, -0.2) is 4.82 Å². The third-order valence-corrected chi connectivity index (χ3v) is 10.9. The van der Waals surface area contributed by atoms with Crippen molar-refractivity contribution in [1.29, 1.82) is 0 Å². The zero-order chi connectivity index (χ0) is 21.5. The third kappa shape index (κ3) is 4.21. The quantitative estimate of drug-likeness (QED) is 0.365. The van der Waals surface area contributed by atoms with Crippen molar-refractivity contribution in [3.8, 4) is 22.3 Å². The van der Waals surface area contributed by atoms with Gasteiger partial charge >= 0.3 is 197 Å². The Morgan fingerprint density at radius 2 is 0.912 bits per heavy atom. The molecular weight excluding hydrogens is 491 g/mol. The number of hydrogen-bond donors (Lipinski definition) is 0. The van der Waals surface area contributed by atoms with E-state index in [1.807, 2.05) is 0 Å². The maximum absolute atomic E-state index is 4.87. The van der Waals surface area contributed by atoms with Crippen LogP contribution >= 0.6 is 0 Å². The smallest absolute Gasteiger partial charge is 1.00 e. The van der Waals surface area contributed by atoms with Gasteiger partial charge < -0.3 is 24.8 Å². The SMILES string of the molecule is [CH2]=[Ti+2]([CH]1C=Cc2c(-c3ccccc3)cccc21)[CH]1C=Cc2c(-c3ccccc3)cccc21.[Cl-].[Cl-]. The molecule has 4 aromatic rings. The first kappa shape index (κ1) is 24.6. The van der Waals surface area contributed by atoms with Crippen LogP contribution in [0.5, 0.6) is 0 Å². The molecule has 0 N–H and O–H groups in total. The van der Waals surface area contributed by atoms with Gasteiger partial charge in [0.15, 0.2) is 0 Å². The van der Waals surface area contributed by atoms with Crippen molar-refractivity contribution in [2.45, 2.75) is 8.45 Å². The Balaban J connectivity index is 0.00000137. The largest absolute Gasteiger partial charge is 1.00 e. The van der Waals surface area contributed by atoms with Crippen LogP contribution < -0.4 is 24.8 Å². The molecule has 3 heteroatoms. The molecule has 0 spiro atoms. The van der Waals surface area contributed by atoms with Gasteiger partial charge in [0.2, 0.25) is 0 Å². The van der Waals surface area contributed by atoms with Crippen LogP contribution in [0.3, 0.4) is 0 Å². The Morgan fingerprint density at radius 3 is 1.32 bits per heavy atom. The Kier molecular flexibility index (Phi) is 7.55. The summed E-state index contributed by atoms with van der Waals surface area (Å²) in [5, 5.41) is 0. The maximum Gasteiger partial charge on any atom is -1.00 e. The van der Waals surface area contributed by atoms with Crippen LogP contribution in [0.15, 0.2) is 109 Å². The molecule has 2 aliphatic carbocycles. The first-order valence-corrected chi connectivity index (χ1v) is 14.1. The van der Waals surface area contributed by atoms with Gasteiger partial charge in [-0.05, 0) is 0 Å². The van der Waals surface area contributed by atoms with Crippen LogP contribution in [0.2, 0.25) is 0 Å². The van der Waals surface area contributed by atoms with E-state index in [4.69, 9.17) is 4.82 Å². The number of hydrogen-bond acceptors (Lipinski definition) is 0. The molecule has 0 heterocycles. The monoisotopic (exact) mass is 514 g/mol. The molecular formula is C31H24Cl2Ti. The van der Waals surface area contributed by atoms with Crippen molar-refractivity contribution in [3.63, 3.8) is 0 Å². The number of benzene rings is 4. The zero-order valence-corrected chi connectivity index (χ0v) is 21.7. The molecule has 6 rings (SSSR count). The fourth-order valence-electron chi connectivity index (χ4n) is 5.25. The predicted molar refractivity (Wildman–Crippen MR) is 134 cm³/mol. The van der Waals surface area contributed by atoms with Crippen LogP contribution in [0.4, 0.5) is 0 Å². The Bertz CT molecular complexity index is 1280. The summed E-state index contributed by atoms with van der Waals surface area (Å²) in [7, 11) is 0. The first-order chi connectivity index (χ1) is 15.8. The predicted octanol–water partition coefficient (Wildman–Crippen LogP) is 1.91. The third-order valence-electron chi connectivity index (χ3n) is 6.83. The molecule has 0 nitrogen and oxygen atoms in total. The molecule has 2 unspecified atom stereocenters. The van der Waals surface area contributed by atoms with E-state index < -0.39 is 17.4 Å². The van der Waals surface area contributed by atoms with Gasteiger partial charge in [-0.1, -0.05) is 0 Å². The molecule has 166 valence electrons. The van der Waals surface area contributed by atoms with Crippen LogP contribution in [-0.2, 0) is 17.4 Å². The molecule has 0 saturated carbocycles. The molecule has 4 aromatic carbocycles. The molecule has 0 aliphatic heterocycles. The first-order valence-electron chi connectivity index (χ1n) is 11.2. The molecule has 2 atom stereocenters. The van der Waals surface area contributed by atoms with E-state index in [1.165, 1.54) is 44.5 Å². The summed E-state index contributed by atoms with van der Waals surface area (Å²) in [6, 6.07) is 35.1. The van der Waals surface area contributed by atoms with Gasteiger partial charge in [-0.25, -0.2) is 0 Å². The average molecular weight is 515 g/mol. The van der Waals surface area contributed by atoms with E-state index in [0.717, 1.165) is 0 Å². The molecule has 0 saturated heterocycles. The van der Waals surface area contributed by atoms with E-state index in [9.17, 15) is 0 Å². The molecule has 0 radical (unpaired) electrons. The summed E-state index contributed by atoms with van der Waals surface area (Å²) in [5.74, 6) is 0. The Labute approximate surface area is 220 Å². The zero-order valence-electron chi connectivity index (χ0n) is 18.7. The summed E-state index contributed by atoms with van der Waals surface area (Å²) in [6.07, 6.45) is 9.57. The second kappa shape index (κ2) is 10.4. The van der Waals surface area contributed by atoms with Crippen molar-refractivity contribution in [2.24, 2.45) is 0 Å². The number of fused-ring (bicyclic) bond motifs is 2. The minimum absolute atomic E-state index is 0. The number of halogens is 2. The van der Waals surface area contributed by atoms with Crippen molar-refractivity contribution >= 4 is 17.0 Å². The summed E-state index contributed by atoms with van der Waals surface area (Å²) in [6.45, 7) is 0. The summed E-state index contributed by atoms with van der Waals surface area (Å²) in [4.78, 5) is 4.87. The topological polar surface area (TPSA) is 0 Å². The minimum Gasteiger partial charge on any atom is -1.00 e. The van der Waals surface area contributed by atoms with Gasteiger partial charge in [-0.3, -0.25) is 0 Å². The Morgan fingerprint density at radius 1 is 0.500 bits per heavy atom. The second-order valence-corrected chi connectivity index (χ2v) is 12.3. The summed E-state index contributed by atoms with van der Waals surface area (Å²) >= 11 is -1.77. The van der Waals surface area contributed by atoms with Crippen molar-refractivity contribution in [1.82, 2.24) is 0 Å². The molecule has 0 fully saturated rings. The number of rotatable bonds is 4. The Hall–Kier alpha value is -2.48. The standard InChI is InChI=1S/2C15H11.CH2.2ClH.Ti/c2*1-2-6-12(7-3-1)14-10-4-8-13-9-5-11-15(13)14;;;;/h2*1-11H;1H2;2*1H;/q;;;;;+2/p-2. The fraction of sp³-hybridized carbons (Fsp3) is 0.0645. The van der Waals surface area contributed by atoms with Gasteiger partial charge in [-0.15, -0.1) is 0 Å². The number of allylic oxidation sites excluding steroid dienone is 2. The molecule has 0 bridgehead atoms. The van der Waals surface area contributed by atoms with Crippen molar-refractivity contribution in [2.75, 3.05) is 0 Å². The van der Waals surface area contributed by atoms with E-state index >= 15 is 0 Å². The van der Waals surface area contributed by atoms with Gasteiger partial charge in [-0.2, -0.15) is 0 Å². The van der Waals surface area contributed by atoms with E-state index in [0.29, 0.717) is 8.45 Å². The van der Waals surface area contributed by atoms with Gasteiger partial charge in [0, 0.05) is 0 Å². The van der Waals surface area contributed by atoms with E-state index in [1.54, 1.807) is 0 Å². The van der Waals surface area contributed by atoms with Crippen molar-refractivity contribution in [3.05, 3.63) is 131 Å². The van der Waals surface area contributed by atoms with E-state index in [2.05, 4.69) is 121 Å². The van der Waals surface area contributed by atoms with Crippen molar-refractivity contribution < 1.29 is 42.2 Å². The second-order valence-electron chi connectivity index (χ2n) is 8.60. The molecule has 34 heavy (non-hydrogen) atoms. The summed E-state index contributed by atoms with van der Waals surface area (Å²) < 4.78 is 0.962. The van der Waals surface area contributed by atoms with Crippen LogP contribution in [0, 0.1) is 0 Å². The van der Waals surface area contributed by atoms with Crippen LogP contribution in [0.1, 0.15) is 30.7 Å². The van der Waals surface area contributed by atoms with Gasteiger partial charge in [0.1, 0.15) is 0 Å². The normalized spacial score (nSPS) is 16.6. The minimum atomic E-state index is -1.77. The van der Waals surface area contributed by atoms with E-state index in [-0.39, 0.29) is 24.8 Å².